The van der Waals surface area contributed by atoms with Crippen molar-refractivity contribution in [1.82, 2.24) is 4.98 Å². The van der Waals surface area contributed by atoms with Crippen molar-refractivity contribution in [2.75, 3.05) is 12.0 Å². The first kappa shape index (κ1) is 22.3. The fraction of sp³-hybridized carbons (Fsp3) is 0.143. The Kier molecular flexibility index (Phi) is 5.78. The Balaban J connectivity index is 1.90. The summed E-state index contributed by atoms with van der Waals surface area (Å²) in [4.78, 5) is 55.0. The van der Waals surface area contributed by atoms with Crippen molar-refractivity contribution < 1.29 is 29.2 Å². The number of esters is 1. The van der Waals surface area contributed by atoms with Gasteiger partial charge in [-0.15, -0.1) is 11.3 Å². The maximum absolute atomic E-state index is 13.3. The standard InChI is InChI=1S/C21H15N3O7S2/c1-10-18(20(28)31-2)33-21(22-10)23-15(11-5-3-6-12(9-11)24(29)30)14(17(26)19(23)27)16(25)13-7-4-8-32-13/h3-9,15,26H,1-2H3/t15-/m0/s1. The van der Waals surface area contributed by atoms with Crippen molar-refractivity contribution in [2.24, 2.45) is 0 Å². The summed E-state index contributed by atoms with van der Waals surface area (Å²) in [7, 11) is 1.21. The second-order valence-corrected chi connectivity index (χ2v) is 8.83. The van der Waals surface area contributed by atoms with Gasteiger partial charge in [-0.2, -0.15) is 0 Å². The molecule has 3 heterocycles. The fourth-order valence-electron chi connectivity index (χ4n) is 3.47. The zero-order valence-corrected chi connectivity index (χ0v) is 18.8. The highest BCUT2D eigenvalue weighted by molar-refractivity contribution is 7.17. The summed E-state index contributed by atoms with van der Waals surface area (Å²) in [6.07, 6.45) is 0. The second kappa shape index (κ2) is 8.56. The second-order valence-electron chi connectivity index (χ2n) is 6.90. The summed E-state index contributed by atoms with van der Waals surface area (Å²) in [5.41, 5.74) is 0.0501. The van der Waals surface area contributed by atoms with E-state index in [0.717, 1.165) is 27.6 Å². The lowest BCUT2D eigenvalue weighted by molar-refractivity contribution is -0.384. The number of methoxy groups -OCH3 is 1. The smallest absolute Gasteiger partial charge is 0.350 e. The highest BCUT2D eigenvalue weighted by atomic mass is 32.1. The molecule has 0 fully saturated rings. The van der Waals surface area contributed by atoms with Crippen LogP contribution < -0.4 is 4.90 Å². The molecule has 3 aromatic rings. The molecule has 1 aliphatic rings. The van der Waals surface area contributed by atoms with Crippen LogP contribution in [0, 0.1) is 17.0 Å². The van der Waals surface area contributed by atoms with Crippen LogP contribution in [0.3, 0.4) is 0 Å². The van der Waals surface area contributed by atoms with E-state index in [1.54, 1.807) is 24.4 Å². The number of Topliss-reactive ketones (excluding diaryl/α,β-unsaturated/α-hetero) is 1. The number of thiazole rings is 1. The Labute approximate surface area is 194 Å². The van der Waals surface area contributed by atoms with E-state index in [2.05, 4.69) is 4.98 Å². The minimum atomic E-state index is -1.19. The Morgan fingerprint density at radius 1 is 1.27 bits per heavy atom. The molecule has 1 amide bonds. The van der Waals surface area contributed by atoms with Crippen molar-refractivity contribution >= 4 is 51.2 Å². The number of ketones is 1. The molecule has 0 unspecified atom stereocenters. The summed E-state index contributed by atoms with van der Waals surface area (Å²) >= 11 is 1.98. The predicted octanol–water partition coefficient (Wildman–Crippen LogP) is 3.99. The molecular weight excluding hydrogens is 470 g/mol. The van der Waals surface area contributed by atoms with Crippen LogP contribution in [0.1, 0.15) is 36.6 Å². The number of carbonyl (C=O) groups is 3. The zero-order valence-electron chi connectivity index (χ0n) is 17.2. The number of aliphatic hydroxyl groups excluding tert-OH is 1. The van der Waals surface area contributed by atoms with Crippen LogP contribution in [0.5, 0.6) is 0 Å². The molecule has 4 rings (SSSR count). The molecule has 0 saturated heterocycles. The minimum Gasteiger partial charge on any atom is -0.503 e. The van der Waals surface area contributed by atoms with Crippen molar-refractivity contribution in [2.45, 2.75) is 13.0 Å². The van der Waals surface area contributed by atoms with Gasteiger partial charge in [0.25, 0.3) is 11.6 Å². The van der Waals surface area contributed by atoms with Gasteiger partial charge in [0.2, 0.25) is 5.78 Å². The average molecular weight is 485 g/mol. The molecule has 12 heteroatoms. The third kappa shape index (κ3) is 3.79. The first-order valence-electron chi connectivity index (χ1n) is 9.39. The van der Waals surface area contributed by atoms with Gasteiger partial charge in [-0.25, -0.2) is 9.78 Å². The first-order valence-corrected chi connectivity index (χ1v) is 11.1. The highest BCUT2D eigenvalue weighted by Crippen LogP contribution is 2.44. The van der Waals surface area contributed by atoms with Crippen LogP contribution in [0.25, 0.3) is 0 Å². The van der Waals surface area contributed by atoms with E-state index in [9.17, 15) is 29.6 Å². The number of nitro groups is 1. The van der Waals surface area contributed by atoms with Gasteiger partial charge in [-0.05, 0) is 23.9 Å². The summed E-state index contributed by atoms with van der Waals surface area (Å²) in [5, 5.41) is 23.8. The van der Waals surface area contributed by atoms with Crippen LogP contribution in [0.15, 0.2) is 53.1 Å². The molecule has 10 nitrogen and oxygen atoms in total. The number of aryl methyl sites for hydroxylation is 1. The predicted molar refractivity (Wildman–Crippen MR) is 120 cm³/mol. The molecular formula is C21H15N3O7S2. The van der Waals surface area contributed by atoms with E-state index in [0.29, 0.717) is 5.69 Å². The van der Waals surface area contributed by atoms with Gasteiger partial charge >= 0.3 is 5.97 Å². The number of hydrogen-bond donors (Lipinski definition) is 1. The molecule has 1 aromatic carbocycles. The van der Waals surface area contributed by atoms with E-state index in [4.69, 9.17) is 4.74 Å². The number of ether oxygens (including phenoxy) is 1. The number of aliphatic hydroxyl groups is 1. The van der Waals surface area contributed by atoms with Crippen molar-refractivity contribution in [1.29, 1.82) is 0 Å². The first-order chi connectivity index (χ1) is 15.7. The third-order valence-electron chi connectivity index (χ3n) is 4.96. The van der Waals surface area contributed by atoms with E-state index in [1.807, 2.05) is 0 Å². The third-order valence-corrected chi connectivity index (χ3v) is 6.96. The average Bonchev–Trinajstić information content (AvgIpc) is 3.52. The molecule has 0 bridgehead atoms. The van der Waals surface area contributed by atoms with Crippen LogP contribution in [-0.2, 0) is 9.53 Å². The van der Waals surface area contributed by atoms with Gasteiger partial charge in [0.05, 0.1) is 34.2 Å². The molecule has 0 aliphatic carbocycles. The molecule has 1 aliphatic heterocycles. The number of non-ortho nitro benzene ring substituents is 1. The van der Waals surface area contributed by atoms with Gasteiger partial charge in [0, 0.05) is 12.1 Å². The zero-order chi connectivity index (χ0) is 23.9. The number of amides is 1. The maximum Gasteiger partial charge on any atom is 0.350 e. The number of nitro benzene ring substituents is 1. The quantitative estimate of drug-likeness (QED) is 0.239. The topological polar surface area (TPSA) is 140 Å². The van der Waals surface area contributed by atoms with E-state index >= 15 is 0 Å². The molecule has 33 heavy (non-hydrogen) atoms. The number of thiophene rings is 1. The molecule has 168 valence electrons. The van der Waals surface area contributed by atoms with Gasteiger partial charge in [0.15, 0.2) is 10.9 Å². The van der Waals surface area contributed by atoms with Crippen LogP contribution >= 0.6 is 22.7 Å². The van der Waals surface area contributed by atoms with Crippen molar-refractivity contribution in [3.8, 4) is 0 Å². The van der Waals surface area contributed by atoms with E-state index in [1.165, 1.54) is 31.4 Å². The number of aromatic nitrogens is 1. The number of anilines is 1. The number of carbonyl (C=O) groups excluding carboxylic acids is 3. The van der Waals surface area contributed by atoms with Gasteiger partial charge in [0.1, 0.15) is 4.88 Å². The lowest BCUT2D eigenvalue weighted by atomic mass is 9.95. The number of hydrogen-bond acceptors (Lipinski definition) is 10. The summed E-state index contributed by atoms with van der Waals surface area (Å²) in [6.45, 7) is 1.56. The monoisotopic (exact) mass is 485 g/mol. The summed E-state index contributed by atoms with van der Waals surface area (Å²) in [6, 6.07) is 7.45. The van der Waals surface area contributed by atoms with Gasteiger partial charge in [-0.3, -0.25) is 24.6 Å². The Morgan fingerprint density at radius 3 is 2.67 bits per heavy atom. The number of nitrogens with zero attached hydrogens (tertiary/aromatic N) is 3. The minimum absolute atomic E-state index is 0.0370. The Morgan fingerprint density at radius 2 is 2.03 bits per heavy atom. The molecule has 0 radical (unpaired) electrons. The Bertz CT molecular complexity index is 1330. The Hall–Kier alpha value is -3.90. The number of rotatable bonds is 6. The van der Waals surface area contributed by atoms with Crippen LogP contribution in [0.2, 0.25) is 0 Å². The highest BCUT2D eigenvalue weighted by Gasteiger charge is 2.46. The number of benzene rings is 1. The summed E-state index contributed by atoms with van der Waals surface area (Å²) < 4.78 is 4.74. The van der Waals surface area contributed by atoms with Crippen molar-refractivity contribution in [3.63, 3.8) is 0 Å². The molecule has 1 N–H and O–H groups in total. The van der Waals surface area contributed by atoms with Gasteiger partial charge in [-0.1, -0.05) is 29.5 Å². The maximum atomic E-state index is 13.3. The SMILES string of the molecule is COC(=O)c1sc(N2C(=O)C(O)=C(C(=O)c3cccs3)[C@@H]2c2cccc([N+](=O)[O-])c2)nc1C. The van der Waals surface area contributed by atoms with Crippen LogP contribution in [-0.4, -0.2) is 39.8 Å². The lowest BCUT2D eigenvalue weighted by Crippen LogP contribution is -2.31. The molecule has 1 atom stereocenters. The van der Waals surface area contributed by atoms with E-state index < -0.39 is 34.4 Å². The largest absolute Gasteiger partial charge is 0.503 e. The fourth-order valence-corrected chi connectivity index (χ4v) is 5.16. The summed E-state index contributed by atoms with van der Waals surface area (Å²) in [5.74, 6) is -2.92. The van der Waals surface area contributed by atoms with E-state index in [-0.39, 0.29) is 31.7 Å². The van der Waals surface area contributed by atoms with Crippen LogP contribution in [0.4, 0.5) is 10.8 Å². The normalized spacial score (nSPS) is 15.8. The molecule has 0 saturated carbocycles. The molecule has 0 spiro atoms. The van der Waals surface area contributed by atoms with Crippen molar-refractivity contribution in [3.05, 3.63) is 84.2 Å². The van der Waals surface area contributed by atoms with Gasteiger partial charge < -0.3 is 9.84 Å². The lowest BCUT2D eigenvalue weighted by Gasteiger charge is -2.24. The molecule has 2 aromatic heterocycles.